The normalized spacial score (nSPS) is 12.9. The van der Waals surface area contributed by atoms with Crippen LogP contribution in [0.1, 0.15) is 30.4 Å². The molecule has 1 aromatic rings. The Labute approximate surface area is 89.7 Å². The first-order valence-corrected chi connectivity index (χ1v) is 5.13. The van der Waals surface area contributed by atoms with Crippen molar-refractivity contribution in [3.8, 4) is 5.75 Å². The quantitative estimate of drug-likeness (QED) is 0.811. The van der Waals surface area contributed by atoms with Crippen molar-refractivity contribution in [1.82, 2.24) is 0 Å². The summed E-state index contributed by atoms with van der Waals surface area (Å²) in [6.45, 7) is 4.62. The van der Waals surface area contributed by atoms with Gasteiger partial charge in [0, 0.05) is 0 Å². The lowest BCUT2D eigenvalue weighted by Crippen LogP contribution is -2.04. The molecule has 0 aliphatic heterocycles. The van der Waals surface area contributed by atoms with Gasteiger partial charge in [-0.3, -0.25) is 0 Å². The molecule has 3 N–H and O–H groups in total. The van der Waals surface area contributed by atoms with E-state index in [-0.39, 0.29) is 5.75 Å². The number of aromatic hydroxyl groups is 1. The van der Waals surface area contributed by atoms with Crippen LogP contribution in [-0.2, 0) is 0 Å². The van der Waals surface area contributed by atoms with Crippen LogP contribution in [0.3, 0.4) is 0 Å². The molecule has 0 saturated carbocycles. The van der Waals surface area contributed by atoms with Crippen LogP contribution in [0, 0.1) is 6.92 Å². The van der Waals surface area contributed by atoms with Gasteiger partial charge in [-0.05, 0) is 43.0 Å². The van der Waals surface area contributed by atoms with Gasteiger partial charge < -0.3 is 10.8 Å². The van der Waals surface area contributed by atoms with Gasteiger partial charge in [0.15, 0.2) is 0 Å². The van der Waals surface area contributed by atoms with Crippen molar-refractivity contribution in [1.29, 1.82) is 0 Å². The number of aryl methyl sites for hydroxylation is 1. The Morgan fingerprint density at radius 1 is 1.50 bits per heavy atom. The summed E-state index contributed by atoms with van der Waals surface area (Å²) in [5.41, 5.74) is 7.44. The molecule has 14 heavy (non-hydrogen) atoms. The van der Waals surface area contributed by atoms with Gasteiger partial charge in [-0.2, -0.15) is 0 Å². The van der Waals surface area contributed by atoms with E-state index in [0.29, 0.717) is 17.5 Å². The first kappa shape index (κ1) is 11.3. The summed E-state index contributed by atoms with van der Waals surface area (Å²) < 4.78 is 0. The van der Waals surface area contributed by atoms with Gasteiger partial charge in [-0.25, -0.2) is 0 Å². The molecule has 78 valence electrons. The largest absolute Gasteiger partial charge is 0.506 e. The number of nitrogens with two attached hydrogens (primary N) is 1. The van der Waals surface area contributed by atoms with Crippen molar-refractivity contribution in [2.24, 2.45) is 5.73 Å². The Hall–Kier alpha value is -0.730. The van der Waals surface area contributed by atoms with E-state index in [2.05, 4.69) is 6.92 Å². The van der Waals surface area contributed by atoms with E-state index in [4.69, 9.17) is 17.3 Å². The molecule has 3 heteroatoms. The number of hydrogen-bond acceptors (Lipinski definition) is 2. The van der Waals surface area contributed by atoms with E-state index in [1.54, 1.807) is 0 Å². The van der Waals surface area contributed by atoms with Crippen LogP contribution in [-0.4, -0.2) is 11.7 Å². The summed E-state index contributed by atoms with van der Waals surface area (Å²) in [5, 5.41) is 9.91. The van der Waals surface area contributed by atoms with Gasteiger partial charge >= 0.3 is 0 Å². The topological polar surface area (TPSA) is 46.2 Å². The minimum absolute atomic E-state index is 0.176. The van der Waals surface area contributed by atoms with E-state index in [1.165, 1.54) is 0 Å². The van der Waals surface area contributed by atoms with Crippen molar-refractivity contribution in [2.45, 2.75) is 26.2 Å². The van der Waals surface area contributed by atoms with Gasteiger partial charge in [-0.1, -0.05) is 24.6 Å². The maximum atomic E-state index is 9.49. The first-order valence-electron chi connectivity index (χ1n) is 4.75. The van der Waals surface area contributed by atoms with Gasteiger partial charge in [0.1, 0.15) is 5.75 Å². The molecule has 0 aliphatic carbocycles. The first-order chi connectivity index (χ1) is 6.56. The van der Waals surface area contributed by atoms with Crippen LogP contribution in [0.4, 0.5) is 0 Å². The second-order valence-corrected chi connectivity index (χ2v) is 4.05. The minimum Gasteiger partial charge on any atom is -0.506 e. The van der Waals surface area contributed by atoms with E-state index in [9.17, 15) is 5.11 Å². The Balaban J connectivity index is 3.00. The fourth-order valence-electron chi connectivity index (χ4n) is 1.46. The van der Waals surface area contributed by atoms with Crippen LogP contribution in [0.2, 0.25) is 5.02 Å². The van der Waals surface area contributed by atoms with Gasteiger partial charge in [0.05, 0.1) is 5.02 Å². The molecule has 0 aliphatic rings. The number of benzene rings is 1. The predicted octanol–water partition coefficient (Wildman–Crippen LogP) is 2.81. The predicted molar refractivity (Wildman–Crippen MR) is 59.9 cm³/mol. The highest BCUT2D eigenvalue weighted by Gasteiger charge is 2.09. The standard InChI is InChI=1S/C11H16ClNO/c1-7(3-4-13)9-5-8(2)11(14)10(12)6-9/h5-7,14H,3-4,13H2,1-2H3. The summed E-state index contributed by atoms with van der Waals surface area (Å²) in [5.74, 6) is 0.562. The molecule has 0 amide bonds. The molecule has 0 saturated heterocycles. The molecular weight excluding hydrogens is 198 g/mol. The van der Waals surface area contributed by atoms with Crippen molar-refractivity contribution in [3.63, 3.8) is 0 Å². The number of rotatable bonds is 3. The highest BCUT2D eigenvalue weighted by atomic mass is 35.5. The minimum atomic E-state index is 0.176. The molecule has 2 nitrogen and oxygen atoms in total. The smallest absolute Gasteiger partial charge is 0.137 e. The van der Waals surface area contributed by atoms with E-state index in [1.807, 2.05) is 19.1 Å². The zero-order valence-corrected chi connectivity index (χ0v) is 9.30. The molecule has 0 bridgehead atoms. The van der Waals surface area contributed by atoms with Gasteiger partial charge in [0.25, 0.3) is 0 Å². The van der Waals surface area contributed by atoms with Crippen molar-refractivity contribution in [2.75, 3.05) is 6.54 Å². The summed E-state index contributed by atoms with van der Waals surface area (Å²) in [7, 11) is 0. The second-order valence-electron chi connectivity index (χ2n) is 3.65. The number of phenolic OH excluding ortho intramolecular Hbond substituents is 1. The third-order valence-corrected chi connectivity index (χ3v) is 2.73. The lowest BCUT2D eigenvalue weighted by Gasteiger charge is -2.12. The van der Waals surface area contributed by atoms with Crippen LogP contribution < -0.4 is 5.73 Å². The molecule has 1 atom stereocenters. The lowest BCUT2D eigenvalue weighted by atomic mass is 9.96. The monoisotopic (exact) mass is 213 g/mol. The molecule has 0 aromatic heterocycles. The maximum absolute atomic E-state index is 9.49. The molecule has 0 radical (unpaired) electrons. The zero-order valence-electron chi connectivity index (χ0n) is 8.55. The molecule has 0 fully saturated rings. The lowest BCUT2D eigenvalue weighted by molar-refractivity contribution is 0.471. The maximum Gasteiger partial charge on any atom is 0.137 e. The third kappa shape index (κ3) is 2.40. The highest BCUT2D eigenvalue weighted by molar-refractivity contribution is 6.32. The van der Waals surface area contributed by atoms with Crippen LogP contribution in [0.15, 0.2) is 12.1 Å². The SMILES string of the molecule is Cc1cc(C(C)CCN)cc(Cl)c1O. The molecule has 1 aromatic carbocycles. The number of phenols is 1. The van der Waals surface area contributed by atoms with Crippen molar-refractivity contribution < 1.29 is 5.11 Å². The molecule has 1 rings (SSSR count). The Morgan fingerprint density at radius 3 is 2.64 bits per heavy atom. The van der Waals surface area contributed by atoms with Crippen LogP contribution in [0.25, 0.3) is 0 Å². The van der Waals surface area contributed by atoms with Crippen molar-refractivity contribution in [3.05, 3.63) is 28.3 Å². The Kier molecular flexibility index (Phi) is 3.78. The molecule has 0 spiro atoms. The average Bonchev–Trinajstić information content (AvgIpc) is 2.13. The highest BCUT2D eigenvalue weighted by Crippen LogP contribution is 2.31. The van der Waals surface area contributed by atoms with Gasteiger partial charge in [0.2, 0.25) is 0 Å². The van der Waals surface area contributed by atoms with E-state index in [0.717, 1.165) is 17.5 Å². The summed E-state index contributed by atoms with van der Waals surface area (Å²) in [6, 6.07) is 3.77. The number of hydrogen-bond donors (Lipinski definition) is 2. The fourth-order valence-corrected chi connectivity index (χ4v) is 1.74. The summed E-state index contributed by atoms with van der Waals surface area (Å²) in [6.07, 6.45) is 0.931. The summed E-state index contributed by atoms with van der Waals surface area (Å²) >= 11 is 5.88. The third-order valence-electron chi connectivity index (χ3n) is 2.45. The van der Waals surface area contributed by atoms with Crippen LogP contribution in [0.5, 0.6) is 5.75 Å². The molecular formula is C11H16ClNO. The molecule has 0 heterocycles. The average molecular weight is 214 g/mol. The Morgan fingerprint density at radius 2 is 2.14 bits per heavy atom. The Bertz CT molecular complexity index is 302. The number of halogens is 1. The second kappa shape index (κ2) is 4.67. The zero-order chi connectivity index (χ0) is 10.7. The van der Waals surface area contributed by atoms with E-state index >= 15 is 0 Å². The van der Waals surface area contributed by atoms with E-state index < -0.39 is 0 Å². The van der Waals surface area contributed by atoms with Gasteiger partial charge in [-0.15, -0.1) is 0 Å². The molecule has 1 unspecified atom stereocenters. The fraction of sp³-hybridized carbons (Fsp3) is 0.455. The summed E-state index contributed by atoms with van der Waals surface area (Å²) in [4.78, 5) is 0. The van der Waals surface area contributed by atoms with Crippen molar-refractivity contribution >= 4 is 11.6 Å². The van der Waals surface area contributed by atoms with Crippen LogP contribution >= 0.6 is 11.6 Å².